The Labute approximate surface area is 335 Å². The zero-order valence-corrected chi connectivity index (χ0v) is 32.7. The number of unbranched alkanes of at least 4 members (excludes halogenated alkanes) is 1. The lowest BCUT2D eigenvalue weighted by Crippen LogP contribution is -2.63. The maximum absolute atomic E-state index is 15.0. The van der Waals surface area contributed by atoms with E-state index in [4.69, 9.17) is 33.5 Å². The molecule has 10 atom stereocenters. The van der Waals surface area contributed by atoms with Gasteiger partial charge in [0.2, 0.25) is 11.8 Å². The van der Waals surface area contributed by atoms with Gasteiger partial charge < -0.3 is 69.7 Å². The number of aliphatic hydroxyl groups excluding tert-OH is 5. The van der Waals surface area contributed by atoms with Gasteiger partial charge in [-0.25, -0.2) is 0 Å². The molecule has 16 nitrogen and oxygen atoms in total. The number of nitrogens with one attached hydrogen (secondary N) is 2. The molecule has 2 fully saturated rings. The molecule has 0 radical (unpaired) electrons. The van der Waals surface area contributed by atoms with Crippen molar-refractivity contribution >= 4 is 11.8 Å². The SMILES string of the molecule is COc1ccc([C@]23Oc4cc(OC)cc(OC)c4[C@](O)([C@H](C(=O)NCCCCNC(=O)C(C)=CCO)[C@H]2c2ccccc2)[C@@H]3O[C@@H]2O[C@H](CO)[C@@H](O)[C@H](O)[C@H]2O)cc1. The summed E-state index contributed by atoms with van der Waals surface area (Å²) in [6, 6.07) is 18.9. The first-order chi connectivity index (χ1) is 27.9. The number of rotatable bonds is 16. The van der Waals surface area contributed by atoms with Gasteiger partial charge in [-0.15, -0.1) is 0 Å². The van der Waals surface area contributed by atoms with Gasteiger partial charge in [-0.1, -0.05) is 48.5 Å². The average molecular weight is 809 g/mol. The van der Waals surface area contributed by atoms with Crippen LogP contribution in [0.25, 0.3) is 0 Å². The third-order valence-corrected chi connectivity index (χ3v) is 11.3. The number of benzene rings is 3. The predicted molar refractivity (Wildman–Crippen MR) is 206 cm³/mol. The molecule has 6 rings (SSSR count). The highest BCUT2D eigenvalue weighted by molar-refractivity contribution is 5.92. The summed E-state index contributed by atoms with van der Waals surface area (Å²) < 4.78 is 36.6. The minimum Gasteiger partial charge on any atom is -0.497 e. The van der Waals surface area contributed by atoms with Crippen LogP contribution in [0.3, 0.4) is 0 Å². The second-order valence-electron chi connectivity index (χ2n) is 14.6. The molecule has 0 unspecified atom stereocenters. The first-order valence-electron chi connectivity index (χ1n) is 19.1. The number of ether oxygens (including phenoxy) is 6. The van der Waals surface area contributed by atoms with Crippen LogP contribution in [0.5, 0.6) is 23.0 Å². The van der Waals surface area contributed by atoms with Gasteiger partial charge in [-0.2, -0.15) is 0 Å². The molecule has 1 saturated heterocycles. The highest BCUT2D eigenvalue weighted by Crippen LogP contribution is 2.69. The van der Waals surface area contributed by atoms with E-state index in [0.29, 0.717) is 47.6 Å². The van der Waals surface area contributed by atoms with Crippen LogP contribution in [0.15, 0.2) is 78.4 Å². The summed E-state index contributed by atoms with van der Waals surface area (Å²) >= 11 is 0. The van der Waals surface area contributed by atoms with Crippen molar-refractivity contribution in [3.63, 3.8) is 0 Å². The average Bonchev–Trinajstić information content (AvgIpc) is 3.39. The van der Waals surface area contributed by atoms with Crippen molar-refractivity contribution < 1.29 is 68.6 Å². The van der Waals surface area contributed by atoms with Gasteiger partial charge in [-0.3, -0.25) is 9.59 Å². The first kappa shape index (κ1) is 42.8. The Morgan fingerprint density at radius 1 is 0.845 bits per heavy atom. The Balaban J connectivity index is 1.51. The zero-order valence-electron chi connectivity index (χ0n) is 32.7. The number of carbonyl (C=O) groups is 2. The number of amides is 2. The van der Waals surface area contributed by atoms with Crippen molar-refractivity contribution in [1.82, 2.24) is 10.6 Å². The quantitative estimate of drug-likeness (QED) is 0.0737. The molecule has 3 aliphatic rings. The van der Waals surface area contributed by atoms with Crippen molar-refractivity contribution in [3.05, 3.63) is 95.1 Å². The summed E-state index contributed by atoms with van der Waals surface area (Å²) in [5.74, 6) is -2.34. The second kappa shape index (κ2) is 18.0. The van der Waals surface area contributed by atoms with Gasteiger partial charge in [0.25, 0.3) is 0 Å². The van der Waals surface area contributed by atoms with Gasteiger partial charge in [0, 0.05) is 36.7 Å². The van der Waals surface area contributed by atoms with E-state index >= 15 is 4.79 Å². The highest BCUT2D eigenvalue weighted by Gasteiger charge is 2.77. The number of aliphatic hydroxyl groups is 6. The normalized spacial score (nSPS) is 30.1. The molecule has 2 heterocycles. The van der Waals surface area contributed by atoms with Gasteiger partial charge in [-0.05, 0) is 43.0 Å². The minimum absolute atomic E-state index is 0.0436. The summed E-state index contributed by atoms with van der Waals surface area (Å²) in [6.45, 7) is 1.05. The molecule has 2 bridgehead atoms. The molecule has 8 N–H and O–H groups in total. The number of hydrogen-bond donors (Lipinski definition) is 8. The van der Waals surface area contributed by atoms with E-state index in [0.717, 1.165) is 0 Å². The predicted octanol–water partition coefficient (Wildman–Crippen LogP) is 0.738. The highest BCUT2D eigenvalue weighted by atomic mass is 16.7. The van der Waals surface area contributed by atoms with Crippen LogP contribution in [0.2, 0.25) is 0 Å². The van der Waals surface area contributed by atoms with Gasteiger partial charge in [0.15, 0.2) is 11.9 Å². The lowest BCUT2D eigenvalue weighted by Gasteiger charge is -2.50. The van der Waals surface area contributed by atoms with E-state index in [1.54, 1.807) is 67.6 Å². The number of methoxy groups -OCH3 is 3. The topological polar surface area (TPSA) is 235 Å². The van der Waals surface area contributed by atoms with Crippen molar-refractivity contribution in [2.45, 2.75) is 73.7 Å². The molecule has 16 heteroatoms. The summed E-state index contributed by atoms with van der Waals surface area (Å²) in [6.07, 6.45) is -7.80. The van der Waals surface area contributed by atoms with Crippen LogP contribution in [0, 0.1) is 5.92 Å². The molecule has 0 aromatic heterocycles. The molecule has 3 aromatic carbocycles. The summed E-state index contributed by atoms with van der Waals surface area (Å²) in [4.78, 5) is 27.3. The van der Waals surface area contributed by atoms with Crippen LogP contribution in [-0.4, -0.2) is 127 Å². The number of carbonyl (C=O) groups excluding carboxylic acids is 2. The Hall–Kier alpha value is -4.78. The van der Waals surface area contributed by atoms with Crippen LogP contribution >= 0.6 is 0 Å². The molecule has 0 spiro atoms. The molecule has 1 saturated carbocycles. The zero-order chi connectivity index (χ0) is 41.8. The van der Waals surface area contributed by atoms with Crippen LogP contribution in [-0.2, 0) is 30.3 Å². The fourth-order valence-electron chi connectivity index (χ4n) is 8.41. The van der Waals surface area contributed by atoms with Crippen LogP contribution < -0.4 is 29.6 Å². The summed E-state index contributed by atoms with van der Waals surface area (Å²) in [7, 11) is 4.35. The molecule has 3 aromatic rings. The molecule has 58 heavy (non-hydrogen) atoms. The van der Waals surface area contributed by atoms with E-state index < -0.39 is 72.4 Å². The standard InChI is InChI=1S/C42H52N2O14/c1-23(16-19-45)37(50)43-17-8-9-18-44-38(51)33-31(24-10-6-5-7-11-24)42(25-12-14-26(53-2)15-13-25)40(57-39-36(49)35(48)34(47)30(22-46)56-39)41(33,52)32-28(55-4)20-27(54-3)21-29(32)58-42/h5-7,10-16,20-21,30-31,33-36,39-40,45-49,52H,8-9,17-19,22H2,1-4H3,(H,43,50)(H,44,51)/t30-,31-,33+,34-,35+,36-,39+,40+,41+,42+/m1/s1. The van der Waals surface area contributed by atoms with Crippen molar-refractivity contribution in [3.8, 4) is 23.0 Å². The van der Waals surface area contributed by atoms with Gasteiger partial charge >= 0.3 is 0 Å². The Kier molecular flexibility index (Phi) is 13.3. The van der Waals surface area contributed by atoms with E-state index in [1.165, 1.54) is 33.5 Å². The smallest absolute Gasteiger partial charge is 0.246 e. The third-order valence-electron chi connectivity index (χ3n) is 11.3. The monoisotopic (exact) mass is 808 g/mol. The maximum Gasteiger partial charge on any atom is 0.246 e. The maximum atomic E-state index is 15.0. The van der Waals surface area contributed by atoms with Crippen molar-refractivity contribution in [1.29, 1.82) is 0 Å². The van der Waals surface area contributed by atoms with Crippen LogP contribution in [0.4, 0.5) is 0 Å². The van der Waals surface area contributed by atoms with Gasteiger partial charge in [0.1, 0.15) is 59.1 Å². The molecule has 1 aliphatic carbocycles. The third kappa shape index (κ3) is 7.62. The first-order valence-corrected chi connectivity index (χ1v) is 19.1. The molecular weight excluding hydrogens is 756 g/mol. The van der Waals surface area contributed by atoms with E-state index in [9.17, 15) is 30.3 Å². The molecule has 2 amide bonds. The Morgan fingerprint density at radius 2 is 1.52 bits per heavy atom. The molecular formula is C42H52N2O14. The van der Waals surface area contributed by atoms with Crippen molar-refractivity contribution in [2.24, 2.45) is 5.92 Å². The lowest BCUT2D eigenvalue weighted by atomic mass is 9.75. The number of fused-ring (bicyclic) bond motifs is 4. The van der Waals surface area contributed by atoms with E-state index in [-0.39, 0.29) is 36.1 Å². The molecule has 314 valence electrons. The van der Waals surface area contributed by atoms with E-state index in [2.05, 4.69) is 10.6 Å². The summed E-state index contributed by atoms with van der Waals surface area (Å²) in [5, 5.41) is 71.5. The largest absolute Gasteiger partial charge is 0.497 e. The Bertz CT molecular complexity index is 1930. The Morgan fingerprint density at radius 3 is 2.14 bits per heavy atom. The fraction of sp³-hybridized carbons (Fsp3) is 0.476. The van der Waals surface area contributed by atoms with Crippen LogP contribution in [0.1, 0.15) is 42.4 Å². The van der Waals surface area contributed by atoms with Gasteiger partial charge in [0.05, 0.1) is 46.0 Å². The fourth-order valence-corrected chi connectivity index (χ4v) is 8.41. The summed E-state index contributed by atoms with van der Waals surface area (Å²) in [5.41, 5.74) is -2.76. The minimum atomic E-state index is -2.36. The lowest BCUT2D eigenvalue weighted by molar-refractivity contribution is -0.338. The molecule has 2 aliphatic heterocycles. The van der Waals surface area contributed by atoms with E-state index in [1.807, 2.05) is 0 Å². The second-order valence-corrected chi connectivity index (χ2v) is 14.6. The number of hydrogen-bond acceptors (Lipinski definition) is 14. The van der Waals surface area contributed by atoms with Crippen molar-refractivity contribution in [2.75, 3.05) is 47.6 Å².